The zero-order valence-electron chi connectivity index (χ0n) is 16.8. The lowest BCUT2D eigenvalue weighted by Crippen LogP contribution is -2.35. The quantitative estimate of drug-likeness (QED) is 0.405. The summed E-state index contributed by atoms with van der Waals surface area (Å²) in [6.45, 7) is 1.17. The Balaban J connectivity index is 0.00000320. The number of carbonyl (C=O) groups excluding carboxylic acids is 1. The van der Waals surface area contributed by atoms with E-state index >= 15 is 0 Å². The Labute approximate surface area is 196 Å². The van der Waals surface area contributed by atoms with Crippen molar-refractivity contribution in [1.29, 1.82) is 0 Å². The van der Waals surface area contributed by atoms with Gasteiger partial charge in [0.05, 0.1) is 16.8 Å². The van der Waals surface area contributed by atoms with E-state index < -0.39 is 0 Å². The number of hydrogen-bond donors (Lipinski definition) is 0. The molecular weight excluding hydrogens is 465 g/mol. The second-order valence-corrected chi connectivity index (χ2v) is 8.36. The average Bonchev–Trinajstić information content (AvgIpc) is 3.13. The number of carbonyl (C=O) groups is 1. The lowest BCUT2D eigenvalue weighted by molar-refractivity contribution is -0.114. The zero-order chi connectivity index (χ0) is 21.0. The predicted octanol–water partition coefficient (Wildman–Crippen LogP) is 5.64. The molecule has 30 heavy (non-hydrogen) atoms. The van der Waals surface area contributed by atoms with Crippen LogP contribution < -0.4 is 9.64 Å². The van der Waals surface area contributed by atoms with Crippen LogP contribution in [-0.4, -0.2) is 50.1 Å². The van der Waals surface area contributed by atoms with Crippen molar-refractivity contribution in [2.75, 3.05) is 39.2 Å². The maximum Gasteiger partial charge on any atom is 0.252 e. The molecule has 2 aromatic carbocycles. The largest absolute Gasteiger partial charge is 0.494 e. The molecule has 3 rings (SSSR count). The van der Waals surface area contributed by atoms with Crippen LogP contribution in [0.4, 0.5) is 5.13 Å². The number of aromatic nitrogens is 1. The molecule has 0 unspecified atom stereocenters. The zero-order valence-corrected chi connectivity index (χ0v) is 19.9. The number of thiazole rings is 1. The molecule has 1 aromatic heterocycles. The standard InChI is InChI=1S/C21H21Cl2N3O2S.ClH/c1-25(2)12-13-26(18(27)11-8-14-6-4-5-7-15(14)22)21-24-19-17(28-3)10-9-16(23)20(19)29-21;/h4-11H,12-13H2,1-3H3;1H/b11-8+;. The molecule has 0 saturated heterocycles. The van der Waals surface area contributed by atoms with Crippen molar-refractivity contribution in [1.82, 2.24) is 9.88 Å². The molecule has 3 aromatic rings. The molecule has 0 N–H and O–H groups in total. The highest BCUT2D eigenvalue weighted by Gasteiger charge is 2.20. The van der Waals surface area contributed by atoms with Crippen LogP contribution in [0.2, 0.25) is 10.0 Å². The maximum absolute atomic E-state index is 13.0. The highest BCUT2D eigenvalue weighted by molar-refractivity contribution is 7.23. The van der Waals surface area contributed by atoms with Crippen LogP contribution in [0.15, 0.2) is 42.5 Å². The second-order valence-electron chi connectivity index (χ2n) is 6.57. The third-order valence-electron chi connectivity index (χ3n) is 4.25. The predicted molar refractivity (Wildman–Crippen MR) is 130 cm³/mol. The van der Waals surface area contributed by atoms with Gasteiger partial charge in [-0.25, -0.2) is 4.98 Å². The number of halogens is 3. The first-order valence-electron chi connectivity index (χ1n) is 8.92. The molecule has 0 radical (unpaired) electrons. The Morgan fingerprint density at radius 1 is 1.13 bits per heavy atom. The Morgan fingerprint density at radius 2 is 1.87 bits per heavy atom. The Morgan fingerprint density at radius 3 is 2.53 bits per heavy atom. The molecule has 0 aliphatic heterocycles. The smallest absolute Gasteiger partial charge is 0.252 e. The van der Waals surface area contributed by atoms with Crippen molar-refractivity contribution in [3.8, 4) is 5.75 Å². The lowest BCUT2D eigenvalue weighted by Gasteiger charge is -2.20. The second kappa shape index (κ2) is 11.0. The number of fused-ring (bicyclic) bond motifs is 1. The van der Waals surface area contributed by atoms with E-state index in [0.29, 0.717) is 39.5 Å². The van der Waals surface area contributed by atoms with Gasteiger partial charge in [-0.05, 0) is 43.9 Å². The number of benzene rings is 2. The Kier molecular flexibility index (Phi) is 8.94. The number of amides is 1. The van der Waals surface area contributed by atoms with E-state index in [9.17, 15) is 4.79 Å². The van der Waals surface area contributed by atoms with Crippen molar-refractivity contribution in [3.05, 3.63) is 58.1 Å². The Bertz CT molecular complexity index is 1050. The van der Waals surface area contributed by atoms with Crippen LogP contribution >= 0.6 is 46.9 Å². The molecule has 9 heteroatoms. The van der Waals surface area contributed by atoms with Gasteiger partial charge >= 0.3 is 0 Å². The average molecular weight is 487 g/mol. The molecule has 0 aliphatic carbocycles. The summed E-state index contributed by atoms with van der Waals surface area (Å²) in [6, 6.07) is 10.9. The van der Waals surface area contributed by atoms with E-state index in [1.54, 1.807) is 36.3 Å². The summed E-state index contributed by atoms with van der Waals surface area (Å²) in [5.41, 5.74) is 1.43. The van der Waals surface area contributed by atoms with Crippen molar-refractivity contribution < 1.29 is 9.53 Å². The van der Waals surface area contributed by atoms with Gasteiger partial charge in [0.15, 0.2) is 5.13 Å². The van der Waals surface area contributed by atoms with Crippen molar-refractivity contribution in [2.45, 2.75) is 0 Å². The van der Waals surface area contributed by atoms with Gasteiger partial charge in [0.2, 0.25) is 0 Å². The van der Waals surface area contributed by atoms with Crippen molar-refractivity contribution in [3.63, 3.8) is 0 Å². The van der Waals surface area contributed by atoms with Gasteiger partial charge in [-0.3, -0.25) is 9.69 Å². The number of methoxy groups -OCH3 is 1. The topological polar surface area (TPSA) is 45.7 Å². The van der Waals surface area contributed by atoms with Crippen LogP contribution in [0.5, 0.6) is 5.75 Å². The summed E-state index contributed by atoms with van der Waals surface area (Å²) in [6.07, 6.45) is 3.23. The van der Waals surface area contributed by atoms with Crippen molar-refractivity contribution >= 4 is 74.3 Å². The highest BCUT2D eigenvalue weighted by atomic mass is 35.5. The lowest BCUT2D eigenvalue weighted by atomic mass is 10.2. The Hall–Kier alpha value is -1.83. The fraction of sp³-hybridized carbons (Fsp3) is 0.238. The van der Waals surface area contributed by atoms with E-state index in [1.807, 2.05) is 37.2 Å². The van der Waals surface area contributed by atoms with Crippen LogP contribution in [0, 0.1) is 0 Å². The summed E-state index contributed by atoms with van der Waals surface area (Å²) in [5, 5.41) is 1.74. The first kappa shape index (κ1) is 24.4. The number of anilines is 1. The van der Waals surface area contributed by atoms with E-state index in [1.165, 1.54) is 17.4 Å². The molecular formula is C21H22Cl3N3O2S. The molecule has 0 fully saturated rings. The minimum Gasteiger partial charge on any atom is -0.494 e. The number of likely N-dealkylation sites (N-methyl/N-ethyl adjacent to an activating group) is 1. The summed E-state index contributed by atoms with van der Waals surface area (Å²) in [4.78, 5) is 21.3. The number of rotatable bonds is 7. The summed E-state index contributed by atoms with van der Waals surface area (Å²) in [7, 11) is 5.50. The maximum atomic E-state index is 13.0. The van der Waals surface area contributed by atoms with Gasteiger partial charge in [0.1, 0.15) is 11.3 Å². The third-order valence-corrected chi connectivity index (χ3v) is 6.13. The van der Waals surface area contributed by atoms with Gasteiger partial charge in [-0.1, -0.05) is 52.7 Å². The molecule has 1 heterocycles. The molecule has 0 spiro atoms. The summed E-state index contributed by atoms with van der Waals surface area (Å²) >= 11 is 13.9. The van der Waals surface area contributed by atoms with Gasteiger partial charge in [-0.15, -0.1) is 12.4 Å². The van der Waals surface area contributed by atoms with E-state index in [0.717, 1.165) is 10.3 Å². The first-order chi connectivity index (χ1) is 13.9. The molecule has 5 nitrogen and oxygen atoms in total. The van der Waals surface area contributed by atoms with Gasteiger partial charge in [-0.2, -0.15) is 0 Å². The number of ether oxygens (including phenoxy) is 1. The van der Waals surface area contributed by atoms with Crippen LogP contribution in [0.1, 0.15) is 5.56 Å². The first-order valence-corrected chi connectivity index (χ1v) is 10.5. The molecule has 0 atom stereocenters. The van der Waals surface area contributed by atoms with E-state index in [-0.39, 0.29) is 18.3 Å². The normalized spacial score (nSPS) is 11.1. The van der Waals surface area contributed by atoms with E-state index in [4.69, 9.17) is 27.9 Å². The van der Waals surface area contributed by atoms with Crippen LogP contribution in [-0.2, 0) is 4.79 Å². The summed E-state index contributed by atoms with van der Waals surface area (Å²) < 4.78 is 6.19. The van der Waals surface area contributed by atoms with Gasteiger partial charge in [0.25, 0.3) is 5.91 Å². The minimum atomic E-state index is -0.180. The SMILES string of the molecule is COc1ccc(Cl)c2sc(N(CCN(C)C)C(=O)/C=C/c3ccccc3Cl)nc12.Cl. The monoisotopic (exact) mass is 485 g/mol. The summed E-state index contributed by atoms with van der Waals surface area (Å²) in [5.74, 6) is 0.444. The van der Waals surface area contributed by atoms with Crippen LogP contribution in [0.25, 0.3) is 16.3 Å². The molecule has 0 aliphatic rings. The van der Waals surface area contributed by atoms with Gasteiger partial charge < -0.3 is 9.64 Å². The van der Waals surface area contributed by atoms with Crippen molar-refractivity contribution in [2.24, 2.45) is 0 Å². The van der Waals surface area contributed by atoms with Crippen LogP contribution in [0.3, 0.4) is 0 Å². The molecule has 160 valence electrons. The number of hydrogen-bond acceptors (Lipinski definition) is 5. The fourth-order valence-electron chi connectivity index (χ4n) is 2.68. The fourth-order valence-corrected chi connectivity index (χ4v) is 4.17. The van der Waals surface area contributed by atoms with Gasteiger partial charge in [0, 0.05) is 24.2 Å². The van der Waals surface area contributed by atoms with E-state index in [2.05, 4.69) is 4.98 Å². The third kappa shape index (κ3) is 5.65. The number of nitrogens with zero attached hydrogens (tertiary/aromatic N) is 3. The molecule has 0 bridgehead atoms. The minimum absolute atomic E-state index is 0. The highest BCUT2D eigenvalue weighted by Crippen LogP contribution is 2.38. The molecule has 1 amide bonds. The molecule has 0 saturated carbocycles.